The van der Waals surface area contributed by atoms with Crippen molar-refractivity contribution in [2.24, 2.45) is 5.41 Å². The van der Waals surface area contributed by atoms with Crippen molar-refractivity contribution in [3.63, 3.8) is 0 Å². The van der Waals surface area contributed by atoms with Crippen molar-refractivity contribution in [2.45, 2.75) is 38.8 Å². The van der Waals surface area contributed by atoms with Gasteiger partial charge in [-0.05, 0) is 13.8 Å². The summed E-state index contributed by atoms with van der Waals surface area (Å²) in [4.78, 5) is 52.5. The average molecular weight is 332 g/mol. The standard InChI is InChI=1S/C10H12N4O9/c1-8(2)5(11(16)17)6(12(18)19)9(3,13(20)21)10(4,7(8)15)14(22)23/h1-4H3/t9-,10+/m0/s1. The fourth-order valence-corrected chi connectivity index (χ4v) is 2.80. The molecule has 0 aliphatic heterocycles. The van der Waals surface area contributed by atoms with Gasteiger partial charge in [0.25, 0.3) is 0 Å². The molecule has 23 heavy (non-hydrogen) atoms. The quantitative estimate of drug-likeness (QED) is 0.518. The Morgan fingerprint density at radius 1 is 0.696 bits per heavy atom. The third-order valence-corrected chi connectivity index (χ3v) is 4.33. The first-order valence-corrected chi connectivity index (χ1v) is 6.06. The lowest BCUT2D eigenvalue weighted by Crippen LogP contribution is -2.72. The lowest BCUT2D eigenvalue weighted by atomic mass is 9.60. The Kier molecular flexibility index (Phi) is 3.73. The summed E-state index contributed by atoms with van der Waals surface area (Å²) in [6.07, 6.45) is 0. The van der Waals surface area contributed by atoms with Crippen molar-refractivity contribution in [1.82, 2.24) is 0 Å². The Hall–Kier alpha value is -2.99. The molecule has 0 aromatic rings. The van der Waals surface area contributed by atoms with Crippen molar-refractivity contribution in [2.75, 3.05) is 0 Å². The maximum Gasteiger partial charge on any atom is 0.403 e. The van der Waals surface area contributed by atoms with Gasteiger partial charge < -0.3 is 0 Å². The van der Waals surface area contributed by atoms with Gasteiger partial charge in [-0.25, -0.2) is 0 Å². The van der Waals surface area contributed by atoms with Crippen LogP contribution in [0.2, 0.25) is 0 Å². The van der Waals surface area contributed by atoms with Crippen LogP contribution in [0.3, 0.4) is 0 Å². The molecule has 0 aromatic heterocycles. The monoisotopic (exact) mass is 332 g/mol. The van der Waals surface area contributed by atoms with Gasteiger partial charge in [-0.3, -0.25) is 45.3 Å². The SMILES string of the molecule is CC1(C)C(=O)[C@@](C)([N+](=O)[O-])[C@@](C)([N+](=O)[O-])C([N+](=O)[O-])=C1[N+](=O)[O-]. The molecule has 0 radical (unpaired) electrons. The summed E-state index contributed by atoms with van der Waals surface area (Å²) in [5, 5.41) is 45.3. The molecule has 126 valence electrons. The molecule has 0 amide bonds. The van der Waals surface area contributed by atoms with Crippen molar-refractivity contribution in [1.29, 1.82) is 0 Å². The number of hydrogen-bond acceptors (Lipinski definition) is 9. The molecule has 1 aliphatic rings. The topological polar surface area (TPSA) is 190 Å². The first-order valence-electron chi connectivity index (χ1n) is 6.06. The summed E-state index contributed by atoms with van der Waals surface area (Å²) in [6.45, 7) is 2.82. The number of allylic oxidation sites excluding steroid dienone is 1. The van der Waals surface area contributed by atoms with Gasteiger partial charge >= 0.3 is 22.5 Å². The van der Waals surface area contributed by atoms with E-state index in [1.54, 1.807) is 0 Å². The predicted octanol–water partition coefficient (Wildman–Crippen LogP) is 0.431. The number of carbonyl (C=O) groups excluding carboxylic acids is 1. The van der Waals surface area contributed by atoms with E-state index in [0.717, 1.165) is 13.8 Å². The first kappa shape index (κ1) is 18.1. The molecule has 0 fully saturated rings. The van der Waals surface area contributed by atoms with Crippen LogP contribution in [0.25, 0.3) is 0 Å². The van der Waals surface area contributed by atoms with Crippen LogP contribution >= 0.6 is 0 Å². The second kappa shape index (κ2) is 4.76. The maximum atomic E-state index is 12.5. The number of nitro groups is 4. The lowest BCUT2D eigenvalue weighted by molar-refractivity contribution is -0.683. The molecular weight excluding hydrogens is 320 g/mol. The highest BCUT2D eigenvalue weighted by atomic mass is 16.7. The lowest BCUT2D eigenvalue weighted by Gasteiger charge is -2.36. The van der Waals surface area contributed by atoms with Crippen molar-refractivity contribution < 1.29 is 24.5 Å². The van der Waals surface area contributed by atoms with Crippen LogP contribution in [0.5, 0.6) is 0 Å². The summed E-state index contributed by atoms with van der Waals surface area (Å²) >= 11 is 0. The van der Waals surface area contributed by atoms with Crippen LogP contribution in [-0.4, -0.2) is 36.6 Å². The Bertz CT molecular complexity index is 696. The molecule has 0 bridgehead atoms. The van der Waals surface area contributed by atoms with E-state index in [4.69, 9.17) is 0 Å². The minimum absolute atomic E-state index is 0.477. The molecule has 1 rings (SSSR count). The molecule has 0 saturated heterocycles. The minimum Gasteiger partial charge on any atom is -0.290 e. The molecule has 0 heterocycles. The molecule has 0 unspecified atom stereocenters. The highest BCUT2D eigenvalue weighted by molar-refractivity contribution is 5.96. The number of ketones is 1. The highest BCUT2D eigenvalue weighted by Gasteiger charge is 2.84. The van der Waals surface area contributed by atoms with E-state index in [0.29, 0.717) is 13.8 Å². The van der Waals surface area contributed by atoms with E-state index in [1.165, 1.54) is 0 Å². The predicted molar refractivity (Wildman–Crippen MR) is 70.6 cm³/mol. The summed E-state index contributed by atoms with van der Waals surface area (Å²) < 4.78 is 0. The Labute approximate surface area is 127 Å². The fourth-order valence-electron chi connectivity index (χ4n) is 2.80. The number of carbonyl (C=O) groups is 1. The largest absolute Gasteiger partial charge is 0.403 e. The fraction of sp³-hybridized carbons (Fsp3) is 0.700. The molecule has 13 heteroatoms. The van der Waals surface area contributed by atoms with E-state index in [-0.39, 0.29) is 0 Å². The van der Waals surface area contributed by atoms with Crippen LogP contribution < -0.4 is 0 Å². The summed E-state index contributed by atoms with van der Waals surface area (Å²) in [5.74, 6) is -1.45. The van der Waals surface area contributed by atoms with E-state index >= 15 is 0 Å². The van der Waals surface area contributed by atoms with Gasteiger partial charge in [-0.1, -0.05) is 0 Å². The van der Waals surface area contributed by atoms with Crippen molar-refractivity contribution >= 4 is 5.78 Å². The third kappa shape index (κ3) is 1.89. The van der Waals surface area contributed by atoms with Crippen LogP contribution in [0.1, 0.15) is 27.7 Å². The molecule has 2 atom stereocenters. The maximum absolute atomic E-state index is 12.5. The zero-order valence-corrected chi connectivity index (χ0v) is 12.5. The van der Waals surface area contributed by atoms with Crippen LogP contribution in [0.15, 0.2) is 11.4 Å². The number of hydrogen-bond donors (Lipinski definition) is 0. The van der Waals surface area contributed by atoms with Crippen LogP contribution in [0.4, 0.5) is 0 Å². The molecule has 13 nitrogen and oxygen atoms in total. The normalized spacial score (nSPS) is 30.0. The van der Waals surface area contributed by atoms with Crippen molar-refractivity contribution in [3.05, 3.63) is 51.9 Å². The van der Waals surface area contributed by atoms with Gasteiger partial charge in [-0.2, -0.15) is 0 Å². The zero-order valence-electron chi connectivity index (χ0n) is 12.5. The second-order valence-corrected chi connectivity index (χ2v) is 5.82. The number of rotatable bonds is 4. The summed E-state index contributed by atoms with van der Waals surface area (Å²) in [6, 6.07) is 0. The Balaban J connectivity index is 4.22. The van der Waals surface area contributed by atoms with Gasteiger partial charge in [0.1, 0.15) is 5.41 Å². The van der Waals surface area contributed by atoms with Gasteiger partial charge in [0.2, 0.25) is 5.78 Å². The molecule has 0 spiro atoms. The Morgan fingerprint density at radius 3 is 1.30 bits per heavy atom. The van der Waals surface area contributed by atoms with Crippen LogP contribution in [0, 0.1) is 45.9 Å². The third-order valence-electron chi connectivity index (χ3n) is 4.33. The van der Waals surface area contributed by atoms with Gasteiger partial charge in [-0.15, -0.1) is 0 Å². The molecular formula is C10H12N4O9. The molecule has 0 aromatic carbocycles. The minimum atomic E-state index is -3.21. The van der Waals surface area contributed by atoms with E-state index in [9.17, 15) is 45.3 Å². The molecule has 0 saturated carbocycles. The van der Waals surface area contributed by atoms with Gasteiger partial charge in [0.15, 0.2) is 0 Å². The average Bonchev–Trinajstić information content (AvgIpc) is 2.38. The molecule has 1 aliphatic carbocycles. The van der Waals surface area contributed by atoms with E-state index in [1.807, 2.05) is 0 Å². The smallest absolute Gasteiger partial charge is 0.290 e. The van der Waals surface area contributed by atoms with Crippen molar-refractivity contribution in [3.8, 4) is 0 Å². The second-order valence-electron chi connectivity index (χ2n) is 5.82. The zero-order chi connectivity index (χ0) is 18.5. The van der Waals surface area contributed by atoms with Gasteiger partial charge in [0.05, 0.1) is 9.85 Å². The first-order chi connectivity index (χ1) is 10.2. The molecule has 0 N–H and O–H groups in total. The number of nitrogens with zero attached hydrogens (tertiary/aromatic N) is 4. The van der Waals surface area contributed by atoms with Gasteiger partial charge in [0, 0.05) is 23.7 Å². The van der Waals surface area contributed by atoms with E-state index in [2.05, 4.69) is 0 Å². The highest BCUT2D eigenvalue weighted by Crippen LogP contribution is 2.50. The van der Waals surface area contributed by atoms with E-state index < -0.39 is 53.4 Å². The summed E-state index contributed by atoms with van der Waals surface area (Å²) in [7, 11) is 0. The Morgan fingerprint density at radius 2 is 1.04 bits per heavy atom. The van der Waals surface area contributed by atoms with Crippen LogP contribution in [-0.2, 0) is 4.79 Å². The number of Topliss-reactive ketones (excluding diaryl/α,β-unsaturated/α-hetero) is 1. The summed E-state index contributed by atoms with van der Waals surface area (Å²) in [5.41, 5.74) is -11.4.